The lowest BCUT2D eigenvalue weighted by molar-refractivity contribution is -0.122. The predicted octanol–water partition coefficient (Wildman–Crippen LogP) is 2.91. The summed E-state index contributed by atoms with van der Waals surface area (Å²) >= 11 is 1.57. The van der Waals surface area contributed by atoms with Crippen LogP contribution in [0, 0.1) is 5.41 Å². The number of piperazine rings is 1. The van der Waals surface area contributed by atoms with Crippen LogP contribution in [-0.4, -0.2) is 74.6 Å². The molecule has 10 heteroatoms. The van der Waals surface area contributed by atoms with Gasteiger partial charge in [0, 0.05) is 49.6 Å². The molecule has 1 saturated carbocycles. The largest absolute Gasteiger partial charge is 0.344 e. The first-order chi connectivity index (χ1) is 18.2. The van der Waals surface area contributed by atoms with E-state index in [1.54, 1.807) is 27.8 Å². The fraction of sp³-hybridized carbons (Fsp3) is 0.357. The highest BCUT2D eigenvalue weighted by molar-refractivity contribution is 7.89. The Hall–Kier alpha value is -2.89. The van der Waals surface area contributed by atoms with E-state index in [4.69, 9.17) is 11.1 Å². The molecule has 2 aliphatic rings. The van der Waals surface area contributed by atoms with Crippen LogP contribution in [0.4, 0.5) is 0 Å². The molecule has 1 amide bonds. The molecule has 1 aliphatic heterocycles. The quantitative estimate of drug-likeness (QED) is 0.353. The second-order valence-electron chi connectivity index (χ2n) is 10.2. The first-order valence-corrected chi connectivity index (χ1v) is 15.0. The third-order valence-electron chi connectivity index (χ3n) is 7.56. The van der Waals surface area contributed by atoms with Gasteiger partial charge in [-0.15, -0.1) is 11.3 Å². The predicted molar refractivity (Wildman–Crippen MR) is 151 cm³/mol. The molecule has 2 aromatic carbocycles. The Morgan fingerprint density at radius 2 is 1.74 bits per heavy atom. The van der Waals surface area contributed by atoms with E-state index in [0.29, 0.717) is 30.8 Å². The van der Waals surface area contributed by atoms with Crippen molar-refractivity contribution in [1.82, 2.24) is 14.5 Å². The number of sulfonamides is 1. The maximum absolute atomic E-state index is 13.0. The number of benzene rings is 2. The molecule has 1 aliphatic carbocycles. The van der Waals surface area contributed by atoms with Gasteiger partial charge in [0.2, 0.25) is 15.9 Å². The molecule has 1 aromatic heterocycles. The summed E-state index contributed by atoms with van der Waals surface area (Å²) in [6.45, 7) is 2.47. The Labute approximate surface area is 228 Å². The lowest BCUT2D eigenvalue weighted by atomic mass is 10.0. The van der Waals surface area contributed by atoms with Gasteiger partial charge in [0.05, 0.1) is 16.5 Å². The van der Waals surface area contributed by atoms with E-state index in [9.17, 15) is 13.2 Å². The SMILES string of the molecule is CN1CCN(S(=O)(=O)c2ccc(-c3ccc([C@H]4C[C@@]4(C=N)NC(=O)[C@@H](N)Cc4cccs4)cc3)cc2)CC1. The molecule has 0 spiro atoms. The molecule has 4 N–H and O–H groups in total. The van der Waals surface area contributed by atoms with Crippen molar-refractivity contribution in [2.75, 3.05) is 33.2 Å². The van der Waals surface area contributed by atoms with Crippen molar-refractivity contribution in [3.8, 4) is 11.1 Å². The molecule has 38 heavy (non-hydrogen) atoms. The van der Waals surface area contributed by atoms with Crippen molar-refractivity contribution in [3.05, 3.63) is 76.5 Å². The van der Waals surface area contributed by atoms with Crippen molar-refractivity contribution >= 4 is 33.5 Å². The molecule has 2 fully saturated rings. The number of nitrogens with one attached hydrogen (secondary N) is 2. The lowest BCUT2D eigenvalue weighted by Gasteiger charge is -2.31. The molecule has 3 atom stereocenters. The zero-order valence-corrected chi connectivity index (χ0v) is 23.0. The summed E-state index contributed by atoms with van der Waals surface area (Å²) in [4.78, 5) is 16.2. The van der Waals surface area contributed by atoms with Gasteiger partial charge in [-0.05, 0) is 53.7 Å². The fourth-order valence-corrected chi connectivity index (χ4v) is 7.18. The van der Waals surface area contributed by atoms with Gasteiger partial charge in [0.1, 0.15) is 0 Å². The van der Waals surface area contributed by atoms with E-state index >= 15 is 0 Å². The van der Waals surface area contributed by atoms with Crippen molar-refractivity contribution in [1.29, 1.82) is 5.41 Å². The van der Waals surface area contributed by atoms with Gasteiger partial charge in [0.25, 0.3) is 0 Å². The number of nitrogens with zero attached hydrogens (tertiary/aromatic N) is 2. The highest BCUT2D eigenvalue weighted by Gasteiger charge is 2.55. The molecule has 0 bridgehead atoms. The Morgan fingerprint density at radius 3 is 2.32 bits per heavy atom. The maximum Gasteiger partial charge on any atom is 0.243 e. The lowest BCUT2D eigenvalue weighted by Crippen LogP contribution is -2.48. The van der Waals surface area contributed by atoms with Crippen molar-refractivity contribution in [2.24, 2.45) is 5.73 Å². The zero-order chi connectivity index (χ0) is 26.9. The van der Waals surface area contributed by atoms with E-state index in [0.717, 1.165) is 34.7 Å². The third-order valence-corrected chi connectivity index (χ3v) is 10.4. The van der Waals surface area contributed by atoms with Crippen molar-refractivity contribution in [2.45, 2.75) is 35.2 Å². The molecule has 200 valence electrons. The summed E-state index contributed by atoms with van der Waals surface area (Å²) in [7, 11) is -1.50. The Morgan fingerprint density at radius 1 is 1.11 bits per heavy atom. The summed E-state index contributed by atoms with van der Waals surface area (Å²) in [5.74, 6) is -0.226. The normalized spacial score (nSPS) is 23.1. The van der Waals surface area contributed by atoms with Crippen molar-refractivity contribution in [3.63, 3.8) is 0 Å². The highest BCUT2D eigenvalue weighted by Crippen LogP contribution is 2.50. The third kappa shape index (κ3) is 5.45. The second-order valence-corrected chi connectivity index (χ2v) is 13.1. The Balaban J connectivity index is 1.23. The molecular formula is C28H33N5O3S2. The van der Waals surface area contributed by atoms with Crippen LogP contribution in [0.25, 0.3) is 11.1 Å². The number of carbonyl (C=O) groups is 1. The van der Waals surface area contributed by atoms with Crippen LogP contribution in [0.5, 0.6) is 0 Å². The summed E-state index contributed by atoms with van der Waals surface area (Å²) in [6.07, 6.45) is 2.46. The monoisotopic (exact) mass is 551 g/mol. The van der Waals surface area contributed by atoms with Gasteiger partial charge >= 0.3 is 0 Å². The van der Waals surface area contributed by atoms with E-state index < -0.39 is 21.6 Å². The summed E-state index contributed by atoms with van der Waals surface area (Å²) in [5.41, 5.74) is 8.37. The Kier molecular flexibility index (Phi) is 7.52. The van der Waals surface area contributed by atoms with Gasteiger partial charge in [-0.25, -0.2) is 8.42 Å². The Bertz CT molecular complexity index is 1380. The number of likely N-dealkylation sites (N-methyl/N-ethyl adjacent to an activating group) is 1. The minimum atomic E-state index is -3.50. The molecule has 0 radical (unpaired) electrons. The highest BCUT2D eigenvalue weighted by atomic mass is 32.2. The summed E-state index contributed by atoms with van der Waals surface area (Å²) in [5, 5.41) is 12.9. The molecule has 2 heterocycles. The number of amides is 1. The van der Waals surface area contributed by atoms with Crippen LogP contribution >= 0.6 is 11.3 Å². The van der Waals surface area contributed by atoms with Gasteiger partial charge in [-0.3, -0.25) is 4.79 Å². The zero-order valence-electron chi connectivity index (χ0n) is 21.3. The molecule has 1 saturated heterocycles. The topological polar surface area (TPSA) is 120 Å². The molecule has 5 rings (SSSR count). The average Bonchev–Trinajstić information content (AvgIpc) is 3.40. The molecule has 3 aromatic rings. The van der Waals surface area contributed by atoms with Crippen LogP contribution in [0.1, 0.15) is 22.8 Å². The van der Waals surface area contributed by atoms with E-state index in [1.165, 1.54) is 6.21 Å². The first-order valence-electron chi connectivity index (χ1n) is 12.7. The van der Waals surface area contributed by atoms with Crippen LogP contribution in [0.2, 0.25) is 0 Å². The van der Waals surface area contributed by atoms with Crippen molar-refractivity contribution < 1.29 is 13.2 Å². The minimum absolute atomic E-state index is 0.0167. The molecule has 8 nitrogen and oxygen atoms in total. The summed E-state index contributed by atoms with van der Waals surface area (Å²) < 4.78 is 27.6. The second kappa shape index (κ2) is 10.7. The smallest absolute Gasteiger partial charge is 0.243 e. The standard InChI is InChI=1S/C28H33N5O3S2/c1-32-12-14-33(15-13-32)38(35,36)24-10-8-21(9-11-24)20-4-6-22(7-5-20)25-18-28(25,19-29)31-27(34)26(30)17-23-3-2-16-37-23/h2-11,16,19,25-26,29H,12-15,17-18,30H2,1H3,(H,31,34)/t25-,26+,28+/m1/s1. The number of thiophene rings is 1. The van der Waals surface area contributed by atoms with Gasteiger partial charge in [-0.1, -0.05) is 42.5 Å². The molecule has 0 unspecified atom stereocenters. The van der Waals surface area contributed by atoms with Gasteiger partial charge in [-0.2, -0.15) is 4.31 Å². The number of hydrogen-bond acceptors (Lipinski definition) is 7. The molecular weight excluding hydrogens is 518 g/mol. The van der Waals surface area contributed by atoms with E-state index in [2.05, 4.69) is 10.2 Å². The van der Waals surface area contributed by atoms with Crippen LogP contribution in [0.15, 0.2) is 70.9 Å². The fourth-order valence-electron chi connectivity index (χ4n) is 4.99. The summed E-state index contributed by atoms with van der Waals surface area (Å²) in [6, 6.07) is 18.3. The van der Waals surface area contributed by atoms with Crippen LogP contribution < -0.4 is 11.1 Å². The number of rotatable bonds is 9. The first kappa shape index (κ1) is 26.7. The van der Waals surface area contributed by atoms with Crippen LogP contribution in [-0.2, 0) is 21.2 Å². The van der Waals surface area contributed by atoms with E-state index in [1.807, 2.05) is 61.0 Å². The number of nitrogens with two attached hydrogens (primary N) is 1. The number of hydrogen-bond donors (Lipinski definition) is 3. The van der Waals surface area contributed by atoms with Gasteiger partial charge < -0.3 is 21.4 Å². The van der Waals surface area contributed by atoms with Gasteiger partial charge in [0.15, 0.2) is 0 Å². The average molecular weight is 552 g/mol. The number of carbonyl (C=O) groups excluding carboxylic acids is 1. The van der Waals surface area contributed by atoms with E-state index in [-0.39, 0.29) is 11.8 Å². The minimum Gasteiger partial charge on any atom is -0.344 e. The van der Waals surface area contributed by atoms with Crippen LogP contribution in [0.3, 0.4) is 0 Å². The maximum atomic E-state index is 13.0.